The Hall–Kier alpha value is -1.55. The molecule has 0 amide bonds. The second kappa shape index (κ2) is 10.1. The van der Waals surface area contributed by atoms with Gasteiger partial charge in [-0.1, -0.05) is 61.1 Å². The van der Waals surface area contributed by atoms with Crippen LogP contribution in [0.15, 0.2) is 37.4 Å². The van der Waals surface area contributed by atoms with Crippen molar-refractivity contribution in [2.75, 3.05) is 20.1 Å². The van der Waals surface area contributed by atoms with E-state index >= 15 is 0 Å². The van der Waals surface area contributed by atoms with Gasteiger partial charge in [0.25, 0.3) is 0 Å². The lowest BCUT2D eigenvalue weighted by Gasteiger charge is -2.72. The standard InChI is InChI=1S/C32H50N2O2.C2H6/c1-10-29(7)17-27(36-24(6)33-23(5)25-12-11-15-34(9)18-25)30(8)20(2)16-32-19-31(28(30)32,14-13-26(32)35)22(4)21(29)3;1-2/h10,20-22,25,27-28,33H,1,5-6,11-19H2,2-4,7-9H3;1-2H3/t20?,21?,22-,25?,27+,28?,29+,30-,31?,32?;/m0./s1. The van der Waals surface area contributed by atoms with Gasteiger partial charge in [0.1, 0.15) is 11.9 Å². The lowest BCUT2D eigenvalue weighted by Crippen LogP contribution is -2.70. The van der Waals surface area contributed by atoms with Crippen LogP contribution in [-0.2, 0) is 9.53 Å². The number of piperidine rings is 1. The van der Waals surface area contributed by atoms with Crippen LogP contribution in [-0.4, -0.2) is 36.9 Å². The van der Waals surface area contributed by atoms with Crippen molar-refractivity contribution in [1.29, 1.82) is 0 Å². The number of nitrogens with one attached hydrogen (secondary N) is 1. The van der Waals surface area contributed by atoms with Crippen LogP contribution in [0.25, 0.3) is 0 Å². The first-order valence-corrected chi connectivity index (χ1v) is 15.5. The number of Topliss-reactive ketones (excluding diaryl/α,β-unsaturated/α-hetero) is 1. The van der Waals surface area contributed by atoms with E-state index in [4.69, 9.17) is 4.74 Å². The van der Waals surface area contributed by atoms with Gasteiger partial charge in [-0.25, -0.2) is 0 Å². The van der Waals surface area contributed by atoms with Crippen molar-refractivity contribution < 1.29 is 9.53 Å². The zero-order chi connectivity index (χ0) is 28.3. The number of carbonyl (C=O) groups excluding carboxylic acids is 1. The quantitative estimate of drug-likeness (QED) is 0.287. The fraction of sp³-hybridized carbons (Fsp3) is 0.794. The zero-order valence-corrected chi connectivity index (χ0v) is 25.8. The average molecular weight is 525 g/mol. The van der Waals surface area contributed by atoms with E-state index < -0.39 is 0 Å². The molecular weight excluding hydrogens is 468 g/mol. The van der Waals surface area contributed by atoms with Gasteiger partial charge in [0.15, 0.2) is 5.88 Å². The first-order valence-electron chi connectivity index (χ1n) is 15.5. The lowest BCUT2D eigenvalue weighted by molar-refractivity contribution is -0.247. The van der Waals surface area contributed by atoms with Gasteiger partial charge in [-0.05, 0) is 93.2 Å². The van der Waals surface area contributed by atoms with Crippen LogP contribution in [0.5, 0.6) is 0 Å². The van der Waals surface area contributed by atoms with Gasteiger partial charge in [-0.15, -0.1) is 6.58 Å². The van der Waals surface area contributed by atoms with Crippen molar-refractivity contribution in [3.05, 3.63) is 37.4 Å². The van der Waals surface area contributed by atoms with Gasteiger partial charge < -0.3 is 15.0 Å². The maximum Gasteiger partial charge on any atom is 0.183 e. The van der Waals surface area contributed by atoms with Gasteiger partial charge in [0.05, 0.1) is 0 Å². The van der Waals surface area contributed by atoms with E-state index in [2.05, 4.69) is 77.7 Å². The molecule has 38 heavy (non-hydrogen) atoms. The van der Waals surface area contributed by atoms with Gasteiger partial charge in [0, 0.05) is 35.4 Å². The van der Waals surface area contributed by atoms with Crippen molar-refractivity contribution in [3.63, 3.8) is 0 Å². The molecule has 10 atom stereocenters. The number of allylic oxidation sites excluding steroid dienone is 1. The molecule has 0 aromatic rings. The summed E-state index contributed by atoms with van der Waals surface area (Å²) in [6.07, 6.45) is 9.32. The monoisotopic (exact) mass is 524 g/mol. The van der Waals surface area contributed by atoms with E-state index in [0.717, 1.165) is 57.3 Å². The Kier molecular flexibility index (Phi) is 7.85. The Bertz CT molecular complexity index is 974. The molecule has 5 fully saturated rings. The van der Waals surface area contributed by atoms with Crippen molar-refractivity contribution in [1.82, 2.24) is 10.2 Å². The summed E-state index contributed by atoms with van der Waals surface area (Å²) >= 11 is 0. The number of likely N-dealkylation sites (tertiary alicyclic amines) is 1. The predicted octanol–water partition coefficient (Wildman–Crippen LogP) is 7.58. The normalized spacial score (nSPS) is 47.7. The molecule has 2 bridgehead atoms. The summed E-state index contributed by atoms with van der Waals surface area (Å²) in [6, 6.07) is 0. The Morgan fingerprint density at radius 1 is 1.13 bits per heavy atom. The number of ether oxygens (including phenoxy) is 1. The van der Waals surface area contributed by atoms with Crippen molar-refractivity contribution in [2.24, 2.45) is 51.2 Å². The van der Waals surface area contributed by atoms with E-state index in [1.165, 1.54) is 6.42 Å². The molecule has 214 valence electrons. The second-order valence-electron chi connectivity index (χ2n) is 14.2. The van der Waals surface area contributed by atoms with Gasteiger partial charge in [-0.3, -0.25) is 4.79 Å². The number of carbonyl (C=O) groups is 1. The van der Waals surface area contributed by atoms with E-state index in [1.54, 1.807) is 0 Å². The van der Waals surface area contributed by atoms with Crippen LogP contribution in [0.2, 0.25) is 0 Å². The molecule has 4 saturated carbocycles. The first kappa shape index (κ1) is 29.4. The summed E-state index contributed by atoms with van der Waals surface area (Å²) in [5.74, 6) is 3.41. The maximum atomic E-state index is 13.5. The van der Waals surface area contributed by atoms with Crippen LogP contribution in [0.1, 0.15) is 93.4 Å². The minimum absolute atomic E-state index is 0.0234. The highest BCUT2D eigenvalue weighted by atomic mass is 16.5. The Balaban J connectivity index is 0.00000164. The molecule has 1 aliphatic heterocycles. The molecule has 1 heterocycles. The molecule has 1 N–H and O–H groups in total. The summed E-state index contributed by atoms with van der Waals surface area (Å²) < 4.78 is 6.91. The molecule has 0 aromatic heterocycles. The molecule has 4 heteroatoms. The largest absolute Gasteiger partial charge is 0.476 e. The highest BCUT2D eigenvalue weighted by molar-refractivity contribution is 5.89. The fourth-order valence-electron chi connectivity index (χ4n) is 10.3. The summed E-state index contributed by atoms with van der Waals surface area (Å²) in [7, 11) is 2.18. The molecule has 5 aliphatic rings. The number of nitrogens with zero attached hydrogens (tertiary/aromatic N) is 1. The van der Waals surface area contributed by atoms with Gasteiger partial charge in [0.2, 0.25) is 0 Å². The smallest absolute Gasteiger partial charge is 0.183 e. The molecule has 1 saturated heterocycles. The minimum atomic E-state index is -0.130. The van der Waals surface area contributed by atoms with Crippen molar-refractivity contribution in [3.8, 4) is 0 Å². The summed E-state index contributed by atoms with van der Waals surface area (Å²) in [5, 5.41) is 3.48. The predicted molar refractivity (Wildman–Crippen MR) is 158 cm³/mol. The lowest BCUT2D eigenvalue weighted by atomic mass is 9.31. The number of rotatable bonds is 6. The zero-order valence-electron chi connectivity index (χ0n) is 25.8. The third kappa shape index (κ3) is 4.06. The van der Waals surface area contributed by atoms with Crippen LogP contribution >= 0.6 is 0 Å². The number of hydrogen-bond acceptors (Lipinski definition) is 4. The van der Waals surface area contributed by atoms with Gasteiger partial charge >= 0.3 is 0 Å². The maximum absolute atomic E-state index is 13.5. The van der Waals surface area contributed by atoms with Crippen molar-refractivity contribution >= 4 is 5.78 Å². The molecule has 6 unspecified atom stereocenters. The van der Waals surface area contributed by atoms with Crippen LogP contribution in [0, 0.1) is 51.2 Å². The summed E-state index contributed by atoms with van der Waals surface area (Å²) in [5.41, 5.74) is 0.987. The summed E-state index contributed by atoms with van der Waals surface area (Å²) in [6.45, 7) is 31.3. The van der Waals surface area contributed by atoms with E-state index in [1.807, 2.05) is 13.8 Å². The molecule has 5 rings (SSSR count). The van der Waals surface area contributed by atoms with Crippen LogP contribution < -0.4 is 5.32 Å². The third-order valence-corrected chi connectivity index (χ3v) is 12.7. The SMILES string of the molecule is C=C[C@]1(C)C[C@@H](OC(=C)NC(=C)C2CCCN(C)C2)[C@]2(C)C(C)CC34CC(CCC3=O)(C42)[C@@H](C)C1C.CC. The molecule has 4 aliphatic carbocycles. The highest BCUT2D eigenvalue weighted by Crippen LogP contribution is 2.83. The highest BCUT2D eigenvalue weighted by Gasteiger charge is 2.81. The van der Waals surface area contributed by atoms with Crippen molar-refractivity contribution in [2.45, 2.75) is 99.5 Å². The Morgan fingerprint density at radius 3 is 2.45 bits per heavy atom. The molecule has 0 aromatic carbocycles. The van der Waals surface area contributed by atoms with E-state index in [-0.39, 0.29) is 27.8 Å². The van der Waals surface area contributed by atoms with Gasteiger partial charge in [-0.2, -0.15) is 0 Å². The topological polar surface area (TPSA) is 41.6 Å². The molecular formula is C34H56N2O2. The minimum Gasteiger partial charge on any atom is -0.476 e. The summed E-state index contributed by atoms with van der Waals surface area (Å²) in [4.78, 5) is 15.9. The number of hydrogen-bond donors (Lipinski definition) is 1. The van der Waals surface area contributed by atoms with Crippen LogP contribution in [0.4, 0.5) is 0 Å². The molecule has 4 nitrogen and oxygen atoms in total. The Labute approximate surface area is 233 Å². The molecule has 0 radical (unpaired) electrons. The third-order valence-electron chi connectivity index (χ3n) is 12.7. The van der Waals surface area contributed by atoms with E-state index in [9.17, 15) is 4.79 Å². The second-order valence-corrected chi connectivity index (χ2v) is 14.2. The fourth-order valence-corrected chi connectivity index (χ4v) is 10.3. The first-order chi connectivity index (χ1) is 17.8. The average Bonchev–Trinajstić information content (AvgIpc) is 3.07. The number of ketones is 1. The van der Waals surface area contributed by atoms with Crippen LogP contribution in [0.3, 0.4) is 0 Å². The Morgan fingerprint density at radius 2 is 1.82 bits per heavy atom. The van der Waals surface area contributed by atoms with E-state index in [0.29, 0.717) is 41.3 Å². The molecule has 2 spiro atoms.